The van der Waals surface area contributed by atoms with Gasteiger partial charge in [0.05, 0.1) is 6.61 Å². The molecule has 1 saturated carbocycles. The van der Waals surface area contributed by atoms with Gasteiger partial charge in [0.1, 0.15) is 0 Å². The fraction of sp³-hybridized carbons (Fsp3) is 0.933. The van der Waals surface area contributed by atoms with Crippen LogP contribution in [-0.2, 0) is 9.53 Å². The molecular weight excluding hydrogens is 228 g/mol. The van der Waals surface area contributed by atoms with Crippen molar-refractivity contribution in [3.05, 3.63) is 0 Å². The molecule has 106 valence electrons. The Labute approximate surface area is 111 Å². The second-order valence-electron chi connectivity index (χ2n) is 5.86. The third-order valence-corrected chi connectivity index (χ3v) is 4.53. The van der Waals surface area contributed by atoms with Crippen molar-refractivity contribution in [3.8, 4) is 0 Å². The van der Waals surface area contributed by atoms with Gasteiger partial charge in [-0.3, -0.25) is 0 Å². The summed E-state index contributed by atoms with van der Waals surface area (Å²) in [6, 6.07) is 0. The first-order chi connectivity index (χ1) is 8.45. The number of hydrogen-bond donors (Lipinski definition) is 1. The fourth-order valence-electron chi connectivity index (χ4n) is 3.09. The Kier molecular flexibility index (Phi) is 5.64. The van der Waals surface area contributed by atoms with Crippen molar-refractivity contribution in [2.24, 2.45) is 17.8 Å². The van der Waals surface area contributed by atoms with Gasteiger partial charge in [-0.15, -0.1) is 0 Å². The van der Waals surface area contributed by atoms with Crippen molar-refractivity contribution >= 4 is 5.97 Å². The lowest BCUT2D eigenvalue weighted by atomic mass is 9.68. The lowest BCUT2D eigenvalue weighted by Crippen LogP contribution is -2.49. The topological polar surface area (TPSA) is 46.5 Å². The van der Waals surface area contributed by atoms with Crippen LogP contribution < -0.4 is 0 Å². The molecule has 1 aliphatic carbocycles. The fourth-order valence-corrected chi connectivity index (χ4v) is 3.09. The Balaban J connectivity index is 2.80. The van der Waals surface area contributed by atoms with Gasteiger partial charge in [0.2, 0.25) is 0 Å². The summed E-state index contributed by atoms with van der Waals surface area (Å²) in [7, 11) is 0. The molecule has 4 atom stereocenters. The third kappa shape index (κ3) is 3.25. The molecule has 0 aromatic rings. The number of esters is 1. The maximum Gasteiger partial charge on any atom is 0.338 e. The first-order valence-electron chi connectivity index (χ1n) is 7.35. The summed E-state index contributed by atoms with van der Waals surface area (Å²) in [5.74, 6) is 0.900. The second-order valence-corrected chi connectivity index (χ2v) is 5.86. The van der Waals surface area contributed by atoms with Crippen LogP contribution in [-0.4, -0.2) is 23.3 Å². The molecule has 0 aromatic heterocycles. The molecule has 0 aliphatic heterocycles. The molecule has 3 nitrogen and oxygen atoms in total. The van der Waals surface area contributed by atoms with E-state index in [0.717, 1.165) is 25.7 Å². The van der Waals surface area contributed by atoms with E-state index >= 15 is 0 Å². The number of ether oxygens (including phenoxy) is 1. The zero-order chi connectivity index (χ0) is 13.8. The van der Waals surface area contributed by atoms with Crippen molar-refractivity contribution in [1.82, 2.24) is 0 Å². The minimum absolute atomic E-state index is 0.0581. The van der Waals surface area contributed by atoms with Crippen LogP contribution in [0.2, 0.25) is 0 Å². The highest BCUT2D eigenvalue weighted by Gasteiger charge is 2.46. The molecule has 4 unspecified atom stereocenters. The average molecular weight is 256 g/mol. The van der Waals surface area contributed by atoms with Gasteiger partial charge in [-0.05, 0) is 43.9 Å². The molecule has 18 heavy (non-hydrogen) atoms. The molecule has 0 saturated heterocycles. The standard InChI is InChI=1S/C15H28O3/c1-5-9-15(17,14(16)18-6-2)13-8-7-11(3)12(4)10-13/h11-13,17H,5-10H2,1-4H3. The van der Waals surface area contributed by atoms with E-state index in [-0.39, 0.29) is 5.92 Å². The van der Waals surface area contributed by atoms with Crippen molar-refractivity contribution in [3.63, 3.8) is 0 Å². The predicted octanol–water partition coefficient (Wildman–Crippen LogP) is 3.15. The first-order valence-corrected chi connectivity index (χ1v) is 7.35. The molecular formula is C15H28O3. The average Bonchev–Trinajstić information content (AvgIpc) is 2.33. The molecule has 3 heteroatoms. The molecule has 1 aliphatic rings. The molecule has 0 amide bonds. The van der Waals surface area contributed by atoms with E-state index in [4.69, 9.17) is 4.74 Å². The SMILES string of the molecule is CCCC(O)(C(=O)OCC)C1CCC(C)C(C)C1. The van der Waals surface area contributed by atoms with Crippen LogP contribution in [0.4, 0.5) is 0 Å². The summed E-state index contributed by atoms with van der Waals surface area (Å²) < 4.78 is 5.09. The van der Waals surface area contributed by atoms with E-state index in [9.17, 15) is 9.90 Å². The zero-order valence-corrected chi connectivity index (χ0v) is 12.2. The maximum atomic E-state index is 12.1. The van der Waals surface area contributed by atoms with Crippen LogP contribution in [0.3, 0.4) is 0 Å². The largest absolute Gasteiger partial charge is 0.464 e. The van der Waals surface area contributed by atoms with Gasteiger partial charge >= 0.3 is 5.97 Å². The Bertz CT molecular complexity index is 277. The van der Waals surface area contributed by atoms with Gasteiger partial charge < -0.3 is 9.84 Å². The number of hydrogen-bond acceptors (Lipinski definition) is 3. The Morgan fingerprint density at radius 2 is 1.94 bits per heavy atom. The molecule has 0 spiro atoms. The summed E-state index contributed by atoms with van der Waals surface area (Å²) in [6.45, 7) is 8.59. The number of aliphatic hydroxyl groups is 1. The van der Waals surface area contributed by atoms with Gasteiger partial charge in [-0.25, -0.2) is 4.79 Å². The predicted molar refractivity (Wildman–Crippen MR) is 72.2 cm³/mol. The van der Waals surface area contributed by atoms with Gasteiger partial charge in [0, 0.05) is 0 Å². The Morgan fingerprint density at radius 3 is 2.44 bits per heavy atom. The minimum atomic E-state index is -1.26. The highest BCUT2D eigenvalue weighted by atomic mass is 16.5. The van der Waals surface area contributed by atoms with Gasteiger partial charge in [-0.1, -0.05) is 33.6 Å². The van der Waals surface area contributed by atoms with Crippen molar-refractivity contribution < 1.29 is 14.6 Å². The van der Waals surface area contributed by atoms with Crippen molar-refractivity contribution in [1.29, 1.82) is 0 Å². The summed E-state index contributed by atoms with van der Waals surface area (Å²) in [4.78, 5) is 12.1. The summed E-state index contributed by atoms with van der Waals surface area (Å²) in [5, 5.41) is 10.8. The zero-order valence-electron chi connectivity index (χ0n) is 12.2. The molecule has 0 radical (unpaired) electrons. The highest BCUT2D eigenvalue weighted by Crippen LogP contribution is 2.41. The number of carbonyl (C=O) groups is 1. The van der Waals surface area contributed by atoms with E-state index in [2.05, 4.69) is 13.8 Å². The highest BCUT2D eigenvalue weighted by molar-refractivity contribution is 5.79. The molecule has 0 aromatic carbocycles. The minimum Gasteiger partial charge on any atom is -0.464 e. The van der Waals surface area contributed by atoms with Gasteiger partial charge in [0.15, 0.2) is 5.60 Å². The quantitative estimate of drug-likeness (QED) is 0.769. The summed E-state index contributed by atoms with van der Waals surface area (Å²) in [5.41, 5.74) is -1.26. The van der Waals surface area contributed by atoms with Crippen LogP contribution in [0.25, 0.3) is 0 Å². The summed E-state index contributed by atoms with van der Waals surface area (Å²) in [6.07, 6.45) is 4.27. The molecule has 0 bridgehead atoms. The number of rotatable bonds is 5. The van der Waals surface area contributed by atoms with E-state index in [0.29, 0.717) is 24.9 Å². The van der Waals surface area contributed by atoms with Crippen molar-refractivity contribution in [2.75, 3.05) is 6.61 Å². The van der Waals surface area contributed by atoms with E-state index in [1.54, 1.807) is 6.92 Å². The number of carbonyl (C=O) groups excluding carboxylic acids is 1. The van der Waals surface area contributed by atoms with E-state index < -0.39 is 11.6 Å². The molecule has 1 rings (SSSR count). The second kappa shape index (κ2) is 6.55. The van der Waals surface area contributed by atoms with Crippen molar-refractivity contribution in [2.45, 2.75) is 65.4 Å². The van der Waals surface area contributed by atoms with E-state index in [1.165, 1.54) is 0 Å². The van der Waals surface area contributed by atoms with Crippen LogP contribution in [0, 0.1) is 17.8 Å². The lowest BCUT2D eigenvalue weighted by molar-refractivity contribution is -0.175. The smallest absolute Gasteiger partial charge is 0.338 e. The van der Waals surface area contributed by atoms with Gasteiger partial charge in [0.25, 0.3) is 0 Å². The van der Waals surface area contributed by atoms with Crippen LogP contribution in [0.1, 0.15) is 59.8 Å². The Morgan fingerprint density at radius 1 is 1.28 bits per heavy atom. The molecule has 1 N–H and O–H groups in total. The van der Waals surface area contributed by atoms with Crippen LogP contribution >= 0.6 is 0 Å². The first kappa shape index (κ1) is 15.5. The maximum absolute atomic E-state index is 12.1. The van der Waals surface area contributed by atoms with Crippen LogP contribution in [0.5, 0.6) is 0 Å². The Hall–Kier alpha value is -0.570. The molecule has 0 heterocycles. The third-order valence-electron chi connectivity index (χ3n) is 4.53. The molecule has 1 fully saturated rings. The lowest BCUT2D eigenvalue weighted by Gasteiger charge is -2.40. The van der Waals surface area contributed by atoms with E-state index in [1.807, 2.05) is 6.92 Å². The monoisotopic (exact) mass is 256 g/mol. The summed E-state index contributed by atoms with van der Waals surface area (Å²) >= 11 is 0. The van der Waals surface area contributed by atoms with Crippen LogP contribution in [0.15, 0.2) is 0 Å². The van der Waals surface area contributed by atoms with Gasteiger partial charge in [-0.2, -0.15) is 0 Å². The normalized spacial score (nSPS) is 31.7.